The maximum Gasteiger partial charge on any atom is 0.308 e. The number of ether oxygens (including phenoxy) is 1. The summed E-state index contributed by atoms with van der Waals surface area (Å²) < 4.78 is 5.74. The van der Waals surface area contributed by atoms with E-state index in [-0.39, 0.29) is 11.9 Å². The van der Waals surface area contributed by atoms with Crippen molar-refractivity contribution in [2.24, 2.45) is 5.92 Å². The Morgan fingerprint density at radius 2 is 1.12 bits per heavy atom. The van der Waals surface area contributed by atoms with Gasteiger partial charge in [-0.05, 0) is 44.1 Å². The van der Waals surface area contributed by atoms with Crippen molar-refractivity contribution in [3.8, 4) is 0 Å². The van der Waals surface area contributed by atoms with Gasteiger partial charge in [-0.15, -0.1) is 0 Å². The number of rotatable bonds is 23. The second-order valence-electron chi connectivity index (χ2n) is 9.98. The predicted molar refractivity (Wildman–Crippen MR) is 144 cm³/mol. The minimum Gasteiger partial charge on any atom is -0.465 e. The number of carbonyl (C=O) groups excluding carboxylic acids is 1. The molecular formula is C31H54O2. The molecule has 0 heterocycles. The summed E-state index contributed by atoms with van der Waals surface area (Å²) in [4.78, 5) is 12.8. The fraction of sp³-hybridized carbons (Fsp3) is 0.774. The Morgan fingerprint density at radius 1 is 0.636 bits per heavy atom. The van der Waals surface area contributed by atoms with Crippen LogP contribution in [0.4, 0.5) is 0 Å². The summed E-state index contributed by atoms with van der Waals surface area (Å²) in [6, 6.07) is 10.7. The highest BCUT2D eigenvalue weighted by atomic mass is 16.5. The van der Waals surface area contributed by atoms with E-state index in [9.17, 15) is 4.79 Å². The first-order chi connectivity index (χ1) is 16.3. The van der Waals surface area contributed by atoms with Crippen LogP contribution in [0, 0.1) is 5.92 Å². The van der Waals surface area contributed by atoms with E-state index in [0.29, 0.717) is 6.61 Å². The highest BCUT2D eigenvalue weighted by Gasteiger charge is 2.19. The van der Waals surface area contributed by atoms with Crippen LogP contribution in [0.2, 0.25) is 0 Å². The molecule has 1 unspecified atom stereocenters. The lowest BCUT2D eigenvalue weighted by Gasteiger charge is -2.16. The van der Waals surface area contributed by atoms with Crippen LogP contribution < -0.4 is 0 Å². The van der Waals surface area contributed by atoms with Gasteiger partial charge in [0.2, 0.25) is 0 Å². The van der Waals surface area contributed by atoms with Gasteiger partial charge in [0.15, 0.2) is 0 Å². The van der Waals surface area contributed by atoms with E-state index in [1.807, 2.05) is 0 Å². The van der Waals surface area contributed by atoms with Gasteiger partial charge in [-0.2, -0.15) is 0 Å². The minimum absolute atomic E-state index is 0.0783. The van der Waals surface area contributed by atoms with Gasteiger partial charge in [0, 0.05) is 0 Å². The van der Waals surface area contributed by atoms with Crippen LogP contribution >= 0.6 is 0 Å². The fourth-order valence-electron chi connectivity index (χ4n) is 4.62. The van der Waals surface area contributed by atoms with Crippen molar-refractivity contribution in [2.45, 2.75) is 142 Å². The van der Waals surface area contributed by atoms with Gasteiger partial charge >= 0.3 is 5.97 Å². The van der Waals surface area contributed by atoms with Crippen molar-refractivity contribution >= 4 is 5.97 Å². The zero-order valence-corrected chi connectivity index (χ0v) is 22.1. The van der Waals surface area contributed by atoms with Crippen molar-refractivity contribution in [1.82, 2.24) is 0 Å². The lowest BCUT2D eigenvalue weighted by atomic mass is 9.94. The Bertz CT molecular complexity index is 539. The molecule has 0 fully saturated rings. The first kappa shape index (κ1) is 29.7. The molecule has 0 spiro atoms. The fourth-order valence-corrected chi connectivity index (χ4v) is 4.62. The van der Waals surface area contributed by atoms with Crippen LogP contribution in [0.25, 0.3) is 0 Å². The average Bonchev–Trinajstić information content (AvgIpc) is 2.84. The molecule has 0 aliphatic rings. The summed E-state index contributed by atoms with van der Waals surface area (Å²) in [5.74, 6) is 0.204. The molecule has 0 amide bonds. The van der Waals surface area contributed by atoms with E-state index in [1.165, 1.54) is 102 Å². The summed E-state index contributed by atoms with van der Waals surface area (Å²) in [5, 5.41) is 0. The lowest BCUT2D eigenvalue weighted by Crippen LogP contribution is -2.18. The van der Waals surface area contributed by atoms with Gasteiger partial charge in [-0.1, -0.05) is 134 Å². The molecule has 0 saturated carbocycles. The van der Waals surface area contributed by atoms with Crippen molar-refractivity contribution < 1.29 is 9.53 Å². The molecule has 0 N–H and O–H groups in total. The second kappa shape index (κ2) is 22.5. The number of hydrogen-bond acceptors (Lipinski definition) is 2. The smallest absolute Gasteiger partial charge is 0.308 e. The summed E-state index contributed by atoms with van der Waals surface area (Å²) in [6.07, 6.45) is 24.8. The van der Waals surface area contributed by atoms with Gasteiger partial charge in [0.25, 0.3) is 0 Å². The van der Waals surface area contributed by atoms with E-state index < -0.39 is 0 Å². The zero-order chi connectivity index (χ0) is 23.8. The topological polar surface area (TPSA) is 26.3 Å². The maximum absolute atomic E-state index is 12.8. The van der Waals surface area contributed by atoms with Crippen LogP contribution in [-0.2, 0) is 16.0 Å². The second-order valence-corrected chi connectivity index (χ2v) is 9.98. The molecule has 1 aromatic carbocycles. The molecule has 1 atom stereocenters. The molecule has 190 valence electrons. The van der Waals surface area contributed by atoms with Crippen molar-refractivity contribution in [1.29, 1.82) is 0 Å². The summed E-state index contributed by atoms with van der Waals surface area (Å²) >= 11 is 0. The summed E-state index contributed by atoms with van der Waals surface area (Å²) in [7, 11) is 0. The standard InChI is InChI=1S/C31H54O2/c1-3-5-7-9-11-12-14-21-27-30(26-20-13-10-8-6-4-2)31(32)33-28-22-16-19-25-29-23-17-15-18-24-29/h15,17-18,23-24,30H,3-14,16,19-22,25-28H2,1-2H3. The van der Waals surface area contributed by atoms with E-state index in [2.05, 4.69) is 44.2 Å². The van der Waals surface area contributed by atoms with Gasteiger partial charge in [0.1, 0.15) is 0 Å². The van der Waals surface area contributed by atoms with Gasteiger partial charge in [-0.3, -0.25) is 4.79 Å². The molecule has 2 heteroatoms. The molecule has 33 heavy (non-hydrogen) atoms. The molecular weight excluding hydrogens is 404 g/mol. The quantitative estimate of drug-likeness (QED) is 0.120. The lowest BCUT2D eigenvalue weighted by molar-refractivity contribution is -0.149. The Hall–Kier alpha value is -1.31. The van der Waals surface area contributed by atoms with Crippen LogP contribution in [0.3, 0.4) is 0 Å². The van der Waals surface area contributed by atoms with Gasteiger partial charge < -0.3 is 4.74 Å². The molecule has 0 aliphatic carbocycles. The highest BCUT2D eigenvalue weighted by molar-refractivity contribution is 5.72. The Balaban J connectivity index is 2.21. The van der Waals surface area contributed by atoms with Crippen LogP contribution in [0.15, 0.2) is 30.3 Å². The molecule has 0 bridgehead atoms. The normalized spacial score (nSPS) is 12.1. The van der Waals surface area contributed by atoms with Crippen LogP contribution in [0.5, 0.6) is 0 Å². The first-order valence-electron chi connectivity index (χ1n) is 14.5. The van der Waals surface area contributed by atoms with Gasteiger partial charge in [-0.25, -0.2) is 0 Å². The van der Waals surface area contributed by atoms with E-state index in [1.54, 1.807) is 0 Å². The van der Waals surface area contributed by atoms with Crippen LogP contribution in [-0.4, -0.2) is 12.6 Å². The van der Waals surface area contributed by atoms with Gasteiger partial charge in [0.05, 0.1) is 12.5 Å². The number of esters is 1. The molecule has 0 radical (unpaired) electrons. The molecule has 0 saturated heterocycles. The number of unbranched alkanes of at least 4 members (excludes halogenated alkanes) is 14. The molecule has 1 rings (SSSR count). The summed E-state index contributed by atoms with van der Waals surface area (Å²) in [6.45, 7) is 5.13. The Labute approximate surface area is 206 Å². The molecule has 0 aromatic heterocycles. The van der Waals surface area contributed by atoms with Crippen LogP contribution in [0.1, 0.15) is 141 Å². The van der Waals surface area contributed by atoms with Crippen molar-refractivity contribution in [2.75, 3.05) is 6.61 Å². The van der Waals surface area contributed by atoms with Crippen molar-refractivity contribution in [3.05, 3.63) is 35.9 Å². The highest BCUT2D eigenvalue weighted by Crippen LogP contribution is 2.21. The molecule has 2 nitrogen and oxygen atoms in total. The zero-order valence-electron chi connectivity index (χ0n) is 22.1. The monoisotopic (exact) mass is 458 g/mol. The molecule has 1 aromatic rings. The first-order valence-corrected chi connectivity index (χ1v) is 14.5. The SMILES string of the molecule is CCCCCCCCCCC(CCCCCCCC)C(=O)OCCCCCc1ccccc1. The van der Waals surface area contributed by atoms with E-state index in [4.69, 9.17) is 4.74 Å². The maximum atomic E-state index is 12.8. The summed E-state index contributed by atoms with van der Waals surface area (Å²) in [5.41, 5.74) is 1.40. The minimum atomic E-state index is 0.0783. The predicted octanol–water partition coefficient (Wildman–Crippen LogP) is 9.84. The average molecular weight is 459 g/mol. The Morgan fingerprint density at radius 3 is 1.67 bits per heavy atom. The largest absolute Gasteiger partial charge is 0.465 e. The Kier molecular flexibility index (Phi) is 20.2. The van der Waals surface area contributed by atoms with E-state index >= 15 is 0 Å². The third-order valence-corrected chi connectivity index (χ3v) is 6.84. The molecule has 0 aliphatic heterocycles. The third-order valence-electron chi connectivity index (χ3n) is 6.84. The number of benzene rings is 1. The number of hydrogen-bond donors (Lipinski definition) is 0. The third kappa shape index (κ3) is 17.8. The van der Waals surface area contributed by atoms with E-state index in [0.717, 1.165) is 32.1 Å². The number of aryl methyl sites for hydroxylation is 1. The number of carbonyl (C=O) groups is 1. The van der Waals surface area contributed by atoms with Crippen molar-refractivity contribution in [3.63, 3.8) is 0 Å².